The number of hydrazone groups is 1. The number of rotatable bonds is 7. The van der Waals surface area contributed by atoms with Crippen LogP contribution in [0.4, 0.5) is 0 Å². The van der Waals surface area contributed by atoms with Crippen LogP contribution in [0.2, 0.25) is 5.02 Å². The summed E-state index contributed by atoms with van der Waals surface area (Å²) in [6.07, 6.45) is 3.54. The van der Waals surface area contributed by atoms with Crippen molar-refractivity contribution < 1.29 is 9.53 Å². The number of ether oxygens (including phenoxy) is 1. The molecule has 138 valence electrons. The van der Waals surface area contributed by atoms with Crippen LogP contribution in [0.5, 0.6) is 5.75 Å². The molecule has 1 N–H and O–H groups in total. The highest BCUT2D eigenvalue weighted by Crippen LogP contribution is 2.21. The molecule has 1 aromatic heterocycles. The molecule has 3 rings (SSSR count). The zero-order chi connectivity index (χ0) is 19.1. The van der Waals surface area contributed by atoms with E-state index in [1.165, 1.54) is 11.8 Å². The Morgan fingerprint density at radius 1 is 1.19 bits per heavy atom. The van der Waals surface area contributed by atoms with Gasteiger partial charge in [-0.2, -0.15) is 5.10 Å². The number of nitrogens with zero attached hydrogens (tertiary/aromatic N) is 2. The summed E-state index contributed by atoms with van der Waals surface area (Å²) in [4.78, 5) is 13.0. The van der Waals surface area contributed by atoms with Crippen LogP contribution in [0.1, 0.15) is 5.69 Å². The van der Waals surface area contributed by atoms with Gasteiger partial charge in [0.25, 0.3) is 0 Å². The zero-order valence-corrected chi connectivity index (χ0v) is 16.2. The molecule has 0 bridgehead atoms. The van der Waals surface area contributed by atoms with Crippen molar-refractivity contribution in [1.29, 1.82) is 0 Å². The van der Waals surface area contributed by atoms with E-state index in [1.54, 1.807) is 13.3 Å². The van der Waals surface area contributed by atoms with Crippen molar-refractivity contribution in [2.24, 2.45) is 5.10 Å². The number of thioether (sulfide) groups is 1. The van der Waals surface area contributed by atoms with Crippen LogP contribution in [0, 0.1) is 0 Å². The lowest BCUT2D eigenvalue weighted by atomic mass is 10.3. The van der Waals surface area contributed by atoms with E-state index >= 15 is 0 Å². The third-order valence-electron chi connectivity index (χ3n) is 3.70. The molecule has 0 fully saturated rings. The van der Waals surface area contributed by atoms with Crippen molar-refractivity contribution in [1.82, 2.24) is 9.99 Å². The normalized spacial score (nSPS) is 10.9. The van der Waals surface area contributed by atoms with Gasteiger partial charge in [-0.25, -0.2) is 5.43 Å². The molecule has 7 heteroatoms. The Bertz CT molecular complexity index is 921. The second kappa shape index (κ2) is 9.30. The fraction of sp³-hybridized carbons (Fsp3) is 0.100. The number of benzene rings is 2. The number of hydrogen-bond acceptors (Lipinski definition) is 4. The van der Waals surface area contributed by atoms with Crippen molar-refractivity contribution in [2.75, 3.05) is 12.9 Å². The van der Waals surface area contributed by atoms with E-state index in [4.69, 9.17) is 16.3 Å². The highest BCUT2D eigenvalue weighted by Gasteiger charge is 2.04. The van der Waals surface area contributed by atoms with Crippen molar-refractivity contribution in [3.8, 4) is 11.4 Å². The second-order valence-corrected chi connectivity index (χ2v) is 7.02. The molecule has 0 saturated carbocycles. The van der Waals surface area contributed by atoms with Gasteiger partial charge >= 0.3 is 0 Å². The first kappa shape index (κ1) is 19.1. The molecule has 0 unspecified atom stereocenters. The Hall–Kier alpha value is -2.70. The van der Waals surface area contributed by atoms with E-state index in [0.29, 0.717) is 5.02 Å². The van der Waals surface area contributed by atoms with Gasteiger partial charge < -0.3 is 9.30 Å². The minimum atomic E-state index is -0.170. The van der Waals surface area contributed by atoms with Gasteiger partial charge in [-0.3, -0.25) is 4.79 Å². The lowest BCUT2D eigenvalue weighted by Gasteiger charge is -2.06. The summed E-state index contributed by atoms with van der Waals surface area (Å²) in [5.41, 5.74) is 4.36. The predicted octanol–water partition coefficient (Wildman–Crippen LogP) is 4.38. The van der Waals surface area contributed by atoms with Crippen LogP contribution < -0.4 is 10.2 Å². The number of amides is 1. The summed E-state index contributed by atoms with van der Waals surface area (Å²) in [6, 6.07) is 18.9. The van der Waals surface area contributed by atoms with E-state index in [1.807, 2.05) is 71.4 Å². The highest BCUT2D eigenvalue weighted by atomic mass is 35.5. The average Bonchev–Trinajstić information content (AvgIpc) is 3.16. The van der Waals surface area contributed by atoms with Gasteiger partial charge in [0.05, 0.1) is 24.8 Å². The number of carbonyl (C=O) groups excluding carboxylic acids is 1. The summed E-state index contributed by atoms with van der Waals surface area (Å²) in [7, 11) is 1.62. The second-order valence-electron chi connectivity index (χ2n) is 5.54. The predicted molar refractivity (Wildman–Crippen MR) is 110 cm³/mol. The lowest BCUT2D eigenvalue weighted by Crippen LogP contribution is -2.19. The van der Waals surface area contributed by atoms with Crippen LogP contribution in [-0.2, 0) is 4.79 Å². The monoisotopic (exact) mass is 399 g/mol. The van der Waals surface area contributed by atoms with Crippen LogP contribution >= 0.6 is 23.4 Å². The smallest absolute Gasteiger partial charge is 0.250 e. The summed E-state index contributed by atoms with van der Waals surface area (Å²) in [6.45, 7) is 0. The number of methoxy groups -OCH3 is 1. The van der Waals surface area contributed by atoms with Crippen LogP contribution in [0.3, 0.4) is 0 Å². The molecule has 0 atom stereocenters. The van der Waals surface area contributed by atoms with E-state index < -0.39 is 0 Å². The minimum absolute atomic E-state index is 0.170. The third kappa shape index (κ3) is 5.39. The Kier molecular flexibility index (Phi) is 6.57. The molecule has 5 nitrogen and oxygen atoms in total. The largest absolute Gasteiger partial charge is 0.497 e. The summed E-state index contributed by atoms with van der Waals surface area (Å²) in [5.74, 6) is 0.899. The van der Waals surface area contributed by atoms with Gasteiger partial charge in [0.2, 0.25) is 5.91 Å². The Morgan fingerprint density at radius 2 is 1.93 bits per heavy atom. The number of nitrogens with one attached hydrogen (secondary N) is 1. The lowest BCUT2D eigenvalue weighted by molar-refractivity contribution is -0.118. The van der Waals surface area contributed by atoms with Crippen molar-refractivity contribution in [3.05, 3.63) is 77.6 Å². The summed E-state index contributed by atoms with van der Waals surface area (Å²) in [5, 5.41) is 4.74. The number of halogens is 1. The first-order valence-electron chi connectivity index (χ1n) is 8.18. The maximum absolute atomic E-state index is 12.0. The zero-order valence-electron chi connectivity index (χ0n) is 14.6. The maximum atomic E-state index is 12.0. The van der Waals surface area contributed by atoms with Gasteiger partial charge in [0, 0.05) is 21.8 Å². The Morgan fingerprint density at radius 3 is 2.63 bits per heavy atom. The van der Waals surface area contributed by atoms with E-state index in [2.05, 4.69) is 10.5 Å². The molecule has 0 aliphatic heterocycles. The van der Waals surface area contributed by atoms with Crippen LogP contribution in [0.25, 0.3) is 5.69 Å². The van der Waals surface area contributed by atoms with E-state index in [9.17, 15) is 4.79 Å². The Balaban J connectivity index is 1.53. The molecule has 0 saturated heterocycles. The number of aromatic nitrogens is 1. The average molecular weight is 400 g/mol. The molecule has 27 heavy (non-hydrogen) atoms. The molecule has 2 aromatic carbocycles. The van der Waals surface area contributed by atoms with Gasteiger partial charge in [-0.1, -0.05) is 11.6 Å². The maximum Gasteiger partial charge on any atom is 0.250 e. The first-order chi connectivity index (χ1) is 13.2. The summed E-state index contributed by atoms with van der Waals surface area (Å²) < 4.78 is 7.07. The molecule has 0 radical (unpaired) electrons. The minimum Gasteiger partial charge on any atom is -0.497 e. The SMILES string of the molecule is COc1ccc(SCC(=O)NN=Cc2cccn2-c2ccc(Cl)cc2)cc1. The van der Waals surface area contributed by atoms with Gasteiger partial charge in [0.1, 0.15) is 5.75 Å². The fourth-order valence-electron chi connectivity index (χ4n) is 2.36. The van der Waals surface area contributed by atoms with E-state index in [0.717, 1.165) is 22.0 Å². The van der Waals surface area contributed by atoms with Crippen LogP contribution in [-0.4, -0.2) is 29.6 Å². The molecule has 3 aromatic rings. The molecule has 1 amide bonds. The highest BCUT2D eigenvalue weighted by molar-refractivity contribution is 8.00. The summed E-state index contributed by atoms with van der Waals surface area (Å²) >= 11 is 7.37. The quantitative estimate of drug-likeness (QED) is 0.364. The standard InChI is InChI=1S/C20H18ClN3O2S/c1-26-18-8-10-19(11-9-18)27-14-20(25)23-22-13-17-3-2-12-24(17)16-6-4-15(21)5-7-16/h2-13H,14H2,1H3,(H,23,25). The van der Waals surface area contributed by atoms with E-state index in [-0.39, 0.29) is 11.7 Å². The van der Waals surface area contributed by atoms with Gasteiger partial charge in [-0.05, 0) is 60.7 Å². The third-order valence-corrected chi connectivity index (χ3v) is 4.96. The van der Waals surface area contributed by atoms with Crippen LogP contribution in [0.15, 0.2) is 76.9 Å². The molecule has 0 spiro atoms. The molecular formula is C20H18ClN3O2S. The number of carbonyl (C=O) groups is 1. The molecule has 1 heterocycles. The van der Waals surface area contributed by atoms with Crippen molar-refractivity contribution in [2.45, 2.75) is 4.90 Å². The van der Waals surface area contributed by atoms with Gasteiger partial charge in [0.15, 0.2) is 0 Å². The molecule has 0 aliphatic rings. The molecular weight excluding hydrogens is 382 g/mol. The number of hydrogen-bond donors (Lipinski definition) is 1. The van der Waals surface area contributed by atoms with Gasteiger partial charge in [-0.15, -0.1) is 11.8 Å². The molecule has 0 aliphatic carbocycles. The topological polar surface area (TPSA) is 55.6 Å². The first-order valence-corrected chi connectivity index (χ1v) is 9.54. The van der Waals surface area contributed by atoms with Crippen molar-refractivity contribution >= 4 is 35.5 Å². The fourth-order valence-corrected chi connectivity index (χ4v) is 3.18. The van der Waals surface area contributed by atoms with Crippen molar-refractivity contribution in [3.63, 3.8) is 0 Å². The Labute approximate surface area is 167 Å².